The summed E-state index contributed by atoms with van der Waals surface area (Å²) in [4.78, 5) is 20.8. The van der Waals surface area contributed by atoms with Crippen LogP contribution in [0.5, 0.6) is 5.75 Å². The minimum Gasteiger partial charge on any atom is -0.507 e. The molecule has 1 saturated heterocycles. The van der Waals surface area contributed by atoms with E-state index in [0.717, 1.165) is 23.2 Å². The lowest BCUT2D eigenvalue weighted by Gasteiger charge is -2.40. The molecule has 3 heterocycles. The van der Waals surface area contributed by atoms with Gasteiger partial charge in [-0.3, -0.25) is 9.69 Å². The first kappa shape index (κ1) is 21.8. The fourth-order valence-electron chi connectivity index (χ4n) is 6.76. The number of hydrogen-bond donors (Lipinski definition) is 1. The third-order valence-corrected chi connectivity index (χ3v) is 8.76. The summed E-state index contributed by atoms with van der Waals surface area (Å²) in [5, 5.41) is 12.0. The second-order valence-corrected chi connectivity index (χ2v) is 12.4. The highest BCUT2D eigenvalue weighted by Gasteiger charge is 2.49. The van der Waals surface area contributed by atoms with E-state index in [9.17, 15) is 9.90 Å². The first-order valence-corrected chi connectivity index (χ1v) is 12.8. The number of rotatable bonds is 3. The van der Waals surface area contributed by atoms with Crippen molar-refractivity contribution in [1.82, 2.24) is 9.88 Å². The minimum absolute atomic E-state index is 0.0904. The standard InChI is InChI=1S/C28H30N2O3S/c1-16-23(26-29-20-7-5-6-8-22(20)34-26)24(32)18-9-10-21(31)19(25(18)33-16)13-30-15-28(4)12-17(30)11-27(2,3)14-28/h5-10,17,31H,11-15H2,1-4H3. The first-order chi connectivity index (χ1) is 16.1. The quantitative estimate of drug-likeness (QED) is 0.368. The van der Waals surface area contributed by atoms with E-state index in [1.54, 1.807) is 12.1 Å². The van der Waals surface area contributed by atoms with Crippen molar-refractivity contribution < 1.29 is 9.52 Å². The zero-order valence-electron chi connectivity index (χ0n) is 20.1. The molecule has 2 aromatic carbocycles. The van der Waals surface area contributed by atoms with Gasteiger partial charge >= 0.3 is 0 Å². The topological polar surface area (TPSA) is 66.6 Å². The van der Waals surface area contributed by atoms with Crippen LogP contribution in [0, 0.1) is 17.8 Å². The predicted molar refractivity (Wildman–Crippen MR) is 137 cm³/mol. The van der Waals surface area contributed by atoms with Crippen LogP contribution in [0.25, 0.3) is 31.8 Å². The van der Waals surface area contributed by atoms with Gasteiger partial charge in [0, 0.05) is 19.1 Å². The lowest BCUT2D eigenvalue weighted by Crippen LogP contribution is -2.34. The van der Waals surface area contributed by atoms with Crippen molar-refractivity contribution in [2.24, 2.45) is 10.8 Å². The maximum atomic E-state index is 13.7. The van der Waals surface area contributed by atoms with Crippen LogP contribution in [0.3, 0.4) is 0 Å². The Morgan fingerprint density at radius 3 is 2.76 bits per heavy atom. The SMILES string of the molecule is Cc1oc2c(CN3CC4(C)CC3CC(C)(C)C4)c(O)ccc2c(=O)c1-c1nc2ccccc2s1. The molecule has 6 heteroatoms. The van der Waals surface area contributed by atoms with E-state index in [-0.39, 0.29) is 11.2 Å². The summed E-state index contributed by atoms with van der Waals surface area (Å²) in [6, 6.07) is 11.7. The minimum atomic E-state index is -0.0904. The van der Waals surface area contributed by atoms with Crippen molar-refractivity contribution in [1.29, 1.82) is 0 Å². The van der Waals surface area contributed by atoms with Crippen LogP contribution in [0.15, 0.2) is 45.6 Å². The highest BCUT2D eigenvalue weighted by molar-refractivity contribution is 7.21. The number of benzene rings is 2. The lowest BCUT2D eigenvalue weighted by atomic mass is 9.65. The number of aromatic hydroxyl groups is 1. The molecule has 6 rings (SSSR count). The maximum absolute atomic E-state index is 13.7. The molecule has 0 radical (unpaired) electrons. The second-order valence-electron chi connectivity index (χ2n) is 11.4. The van der Waals surface area contributed by atoms with E-state index in [1.165, 1.54) is 24.2 Å². The molecule has 1 saturated carbocycles. The van der Waals surface area contributed by atoms with Crippen molar-refractivity contribution in [3.8, 4) is 16.3 Å². The highest BCUT2D eigenvalue weighted by Crippen LogP contribution is 2.53. The molecule has 2 aliphatic rings. The molecule has 2 fully saturated rings. The molecule has 5 nitrogen and oxygen atoms in total. The van der Waals surface area contributed by atoms with Crippen molar-refractivity contribution in [2.45, 2.75) is 59.5 Å². The zero-order valence-corrected chi connectivity index (χ0v) is 21.0. The van der Waals surface area contributed by atoms with Crippen LogP contribution in [0.2, 0.25) is 0 Å². The molecule has 0 amide bonds. The summed E-state index contributed by atoms with van der Waals surface area (Å²) in [5.74, 6) is 0.727. The summed E-state index contributed by atoms with van der Waals surface area (Å²) >= 11 is 1.50. The molecular formula is C28H30N2O3S. The van der Waals surface area contributed by atoms with Crippen LogP contribution in [0.4, 0.5) is 0 Å². The van der Waals surface area contributed by atoms with Crippen LogP contribution < -0.4 is 5.43 Å². The van der Waals surface area contributed by atoms with Crippen molar-refractivity contribution >= 4 is 32.5 Å². The molecule has 4 aromatic rings. The van der Waals surface area contributed by atoms with Crippen molar-refractivity contribution in [2.75, 3.05) is 6.54 Å². The Balaban J connectivity index is 1.44. The van der Waals surface area contributed by atoms with Crippen molar-refractivity contribution in [3.63, 3.8) is 0 Å². The fraction of sp³-hybridized carbons (Fsp3) is 0.429. The Morgan fingerprint density at radius 1 is 1.18 bits per heavy atom. The first-order valence-electron chi connectivity index (χ1n) is 12.0. The zero-order chi connectivity index (χ0) is 23.8. The summed E-state index contributed by atoms with van der Waals surface area (Å²) in [6.45, 7) is 10.5. The van der Waals surface area contributed by atoms with Gasteiger partial charge in [0.1, 0.15) is 22.1 Å². The number of hydrogen-bond acceptors (Lipinski definition) is 6. The number of fused-ring (bicyclic) bond motifs is 4. The summed E-state index contributed by atoms with van der Waals surface area (Å²) in [6.07, 6.45) is 3.56. The Bertz CT molecular complexity index is 1470. The van der Waals surface area contributed by atoms with E-state index in [4.69, 9.17) is 9.40 Å². The van der Waals surface area contributed by atoms with Crippen LogP contribution in [-0.2, 0) is 6.54 Å². The van der Waals surface area contributed by atoms with Gasteiger partial charge in [-0.2, -0.15) is 0 Å². The molecular weight excluding hydrogens is 444 g/mol. The molecule has 1 N–H and O–H groups in total. The fourth-order valence-corrected chi connectivity index (χ4v) is 7.81. The number of aryl methyl sites for hydroxylation is 1. The molecule has 1 aliphatic carbocycles. The molecule has 2 unspecified atom stereocenters. The van der Waals surface area contributed by atoms with E-state index < -0.39 is 0 Å². The number of nitrogens with zero attached hydrogens (tertiary/aromatic N) is 2. The largest absolute Gasteiger partial charge is 0.507 e. The number of aromatic nitrogens is 1. The van der Waals surface area contributed by atoms with Crippen LogP contribution in [0.1, 0.15) is 51.4 Å². The van der Waals surface area contributed by atoms with E-state index in [1.807, 2.05) is 31.2 Å². The Kier molecular flexibility index (Phi) is 4.74. The third-order valence-electron chi connectivity index (χ3n) is 7.71. The van der Waals surface area contributed by atoms with Gasteiger partial charge in [-0.05, 0) is 61.3 Å². The number of phenols is 1. The van der Waals surface area contributed by atoms with E-state index >= 15 is 0 Å². The lowest BCUT2D eigenvalue weighted by molar-refractivity contribution is 0.126. The molecule has 0 spiro atoms. The number of thiazole rings is 1. The molecule has 1 aliphatic heterocycles. The van der Waals surface area contributed by atoms with Gasteiger partial charge in [0.2, 0.25) is 5.43 Å². The third kappa shape index (κ3) is 3.46. The summed E-state index contributed by atoms with van der Waals surface area (Å²) < 4.78 is 7.34. The monoisotopic (exact) mass is 474 g/mol. The molecule has 2 atom stereocenters. The van der Waals surface area contributed by atoms with Gasteiger partial charge in [0.15, 0.2) is 0 Å². The number of likely N-dealkylation sites (tertiary alicyclic amines) is 1. The molecule has 2 aromatic heterocycles. The molecule has 2 bridgehead atoms. The highest BCUT2D eigenvalue weighted by atomic mass is 32.1. The van der Waals surface area contributed by atoms with Crippen molar-refractivity contribution in [3.05, 3.63) is 57.9 Å². The average Bonchev–Trinajstić information content (AvgIpc) is 3.27. The van der Waals surface area contributed by atoms with Gasteiger partial charge in [-0.1, -0.05) is 32.9 Å². The van der Waals surface area contributed by atoms with E-state index in [2.05, 4.69) is 25.7 Å². The smallest absolute Gasteiger partial charge is 0.203 e. The Labute approximate surface area is 203 Å². The second kappa shape index (κ2) is 7.40. The van der Waals surface area contributed by atoms with Gasteiger partial charge < -0.3 is 9.52 Å². The number of phenolic OH excluding ortho intramolecular Hbond substituents is 1. The Morgan fingerprint density at radius 2 is 1.97 bits per heavy atom. The van der Waals surface area contributed by atoms with Crippen LogP contribution in [-0.4, -0.2) is 27.6 Å². The maximum Gasteiger partial charge on any atom is 0.203 e. The van der Waals surface area contributed by atoms with Gasteiger partial charge in [0.25, 0.3) is 0 Å². The average molecular weight is 475 g/mol. The summed E-state index contributed by atoms with van der Waals surface area (Å²) in [5.41, 5.74) is 3.13. The van der Waals surface area contributed by atoms with Gasteiger partial charge in [-0.15, -0.1) is 11.3 Å². The normalized spacial score (nSPS) is 24.3. The predicted octanol–water partition coefficient (Wildman–Crippen LogP) is 6.48. The van der Waals surface area contributed by atoms with Gasteiger partial charge in [-0.25, -0.2) is 4.98 Å². The molecule has 34 heavy (non-hydrogen) atoms. The van der Waals surface area contributed by atoms with Gasteiger partial charge in [0.05, 0.1) is 26.7 Å². The van der Waals surface area contributed by atoms with E-state index in [0.29, 0.717) is 56.3 Å². The summed E-state index contributed by atoms with van der Waals surface area (Å²) in [7, 11) is 0. The number of para-hydroxylation sites is 1. The van der Waals surface area contributed by atoms with Crippen LogP contribution >= 0.6 is 11.3 Å². The Hall–Kier alpha value is -2.70. The molecule has 176 valence electrons.